The number of pyridine rings is 1. The summed E-state index contributed by atoms with van der Waals surface area (Å²) < 4.78 is 5.23. The molecule has 0 bridgehead atoms. The third-order valence-electron chi connectivity index (χ3n) is 3.94. The highest BCUT2D eigenvalue weighted by Gasteiger charge is 2.16. The highest BCUT2D eigenvalue weighted by atomic mass is 16.5. The quantitative estimate of drug-likeness (QED) is 0.703. The van der Waals surface area contributed by atoms with Crippen LogP contribution in [0.2, 0.25) is 0 Å². The van der Waals surface area contributed by atoms with Gasteiger partial charge in [-0.1, -0.05) is 50.2 Å². The van der Waals surface area contributed by atoms with Crippen molar-refractivity contribution in [2.24, 2.45) is 0 Å². The van der Waals surface area contributed by atoms with E-state index in [4.69, 9.17) is 4.74 Å². The number of aromatic nitrogens is 1. The summed E-state index contributed by atoms with van der Waals surface area (Å²) in [6, 6.07) is 18.2. The molecule has 0 aliphatic heterocycles. The SMILES string of the molecule is CC(C)c1cc(C(=O)OCC(=O)Nc2ccccc2)c2ccccc2n1. The van der Waals surface area contributed by atoms with Gasteiger partial charge in [0.05, 0.1) is 11.1 Å². The minimum absolute atomic E-state index is 0.174. The fraction of sp³-hybridized carbons (Fsp3) is 0.190. The van der Waals surface area contributed by atoms with Gasteiger partial charge in [0.2, 0.25) is 0 Å². The first kappa shape index (κ1) is 17.6. The predicted molar refractivity (Wildman–Crippen MR) is 101 cm³/mol. The van der Waals surface area contributed by atoms with Gasteiger partial charge in [-0.25, -0.2) is 4.79 Å². The Kier molecular flexibility index (Phi) is 5.27. The van der Waals surface area contributed by atoms with Gasteiger partial charge in [0.1, 0.15) is 0 Å². The number of para-hydroxylation sites is 2. The number of nitrogens with zero attached hydrogens (tertiary/aromatic N) is 1. The van der Waals surface area contributed by atoms with Crippen LogP contribution < -0.4 is 5.32 Å². The van der Waals surface area contributed by atoms with Crippen LogP contribution in [0.25, 0.3) is 10.9 Å². The maximum absolute atomic E-state index is 12.6. The number of hydrogen-bond donors (Lipinski definition) is 1. The van der Waals surface area contributed by atoms with Crippen molar-refractivity contribution in [1.29, 1.82) is 0 Å². The van der Waals surface area contributed by atoms with E-state index < -0.39 is 5.97 Å². The van der Waals surface area contributed by atoms with Crippen LogP contribution in [-0.2, 0) is 9.53 Å². The van der Waals surface area contributed by atoms with E-state index in [9.17, 15) is 9.59 Å². The number of fused-ring (bicyclic) bond motifs is 1. The third kappa shape index (κ3) is 4.06. The van der Waals surface area contributed by atoms with E-state index in [0.29, 0.717) is 16.6 Å². The Morgan fingerprint density at radius 1 is 1.04 bits per heavy atom. The lowest BCUT2D eigenvalue weighted by Crippen LogP contribution is -2.21. The Labute approximate surface area is 152 Å². The third-order valence-corrected chi connectivity index (χ3v) is 3.94. The molecule has 1 aromatic heterocycles. The molecular formula is C21H20N2O3. The highest BCUT2D eigenvalue weighted by molar-refractivity contribution is 6.04. The lowest BCUT2D eigenvalue weighted by atomic mass is 10.0. The van der Waals surface area contributed by atoms with Gasteiger partial charge < -0.3 is 10.1 Å². The van der Waals surface area contributed by atoms with Crippen LogP contribution in [0.1, 0.15) is 35.8 Å². The van der Waals surface area contributed by atoms with Gasteiger partial charge in [0.15, 0.2) is 6.61 Å². The molecule has 5 heteroatoms. The number of hydrogen-bond acceptors (Lipinski definition) is 4. The summed E-state index contributed by atoms with van der Waals surface area (Å²) in [7, 11) is 0. The van der Waals surface area contributed by atoms with Crippen LogP contribution in [0.15, 0.2) is 60.7 Å². The van der Waals surface area contributed by atoms with Gasteiger partial charge in [-0.2, -0.15) is 0 Å². The molecule has 1 heterocycles. The number of benzene rings is 2. The minimum Gasteiger partial charge on any atom is -0.452 e. The van der Waals surface area contributed by atoms with Gasteiger partial charge >= 0.3 is 5.97 Å². The van der Waals surface area contributed by atoms with Crippen molar-refractivity contribution in [2.75, 3.05) is 11.9 Å². The van der Waals surface area contributed by atoms with E-state index >= 15 is 0 Å². The van der Waals surface area contributed by atoms with Gasteiger partial charge in [0, 0.05) is 16.8 Å². The van der Waals surface area contributed by atoms with Crippen LogP contribution in [0.5, 0.6) is 0 Å². The fourth-order valence-electron chi connectivity index (χ4n) is 2.59. The number of amides is 1. The normalized spacial score (nSPS) is 10.7. The zero-order valence-corrected chi connectivity index (χ0v) is 14.7. The molecule has 132 valence electrons. The van der Waals surface area contributed by atoms with E-state index in [1.807, 2.05) is 56.3 Å². The number of nitrogens with one attached hydrogen (secondary N) is 1. The van der Waals surface area contributed by atoms with Crippen molar-refractivity contribution in [3.05, 3.63) is 71.9 Å². The van der Waals surface area contributed by atoms with Crippen LogP contribution in [0.4, 0.5) is 5.69 Å². The monoisotopic (exact) mass is 348 g/mol. The maximum Gasteiger partial charge on any atom is 0.339 e. The minimum atomic E-state index is -0.534. The van der Waals surface area contributed by atoms with Crippen molar-refractivity contribution in [1.82, 2.24) is 4.98 Å². The molecule has 26 heavy (non-hydrogen) atoms. The molecule has 0 saturated carbocycles. The molecule has 1 N–H and O–H groups in total. The molecule has 0 radical (unpaired) electrons. The molecule has 0 fully saturated rings. The van der Waals surface area contributed by atoms with Gasteiger partial charge in [-0.15, -0.1) is 0 Å². The Bertz CT molecular complexity index is 936. The number of carbonyl (C=O) groups is 2. The second kappa shape index (κ2) is 7.78. The number of rotatable bonds is 5. The van der Waals surface area contributed by atoms with Crippen molar-refractivity contribution < 1.29 is 14.3 Å². The standard InChI is InChI=1S/C21H20N2O3/c1-14(2)19-12-17(16-10-6-7-11-18(16)23-19)21(25)26-13-20(24)22-15-8-4-3-5-9-15/h3-12,14H,13H2,1-2H3,(H,22,24). The summed E-state index contributed by atoms with van der Waals surface area (Å²) in [4.78, 5) is 29.1. The van der Waals surface area contributed by atoms with E-state index in [1.165, 1.54) is 0 Å². The van der Waals surface area contributed by atoms with Crippen LogP contribution in [-0.4, -0.2) is 23.5 Å². The summed E-state index contributed by atoms with van der Waals surface area (Å²) in [6.07, 6.45) is 0. The Morgan fingerprint density at radius 2 is 1.73 bits per heavy atom. The molecule has 0 atom stereocenters. The summed E-state index contributed by atoms with van der Waals surface area (Å²) in [5.74, 6) is -0.742. The van der Waals surface area contributed by atoms with Gasteiger partial charge in [0.25, 0.3) is 5.91 Å². The lowest BCUT2D eigenvalue weighted by molar-refractivity contribution is -0.119. The first-order chi connectivity index (χ1) is 12.5. The number of esters is 1. The molecule has 2 aromatic carbocycles. The molecule has 3 aromatic rings. The summed E-state index contributed by atoms with van der Waals surface area (Å²) in [6.45, 7) is 3.68. The van der Waals surface area contributed by atoms with E-state index in [-0.39, 0.29) is 18.4 Å². The Morgan fingerprint density at radius 3 is 2.46 bits per heavy atom. The Balaban J connectivity index is 1.76. The van der Waals surface area contributed by atoms with Crippen molar-refractivity contribution >= 4 is 28.5 Å². The largest absolute Gasteiger partial charge is 0.452 e. The molecule has 1 amide bonds. The lowest BCUT2D eigenvalue weighted by Gasteiger charge is -2.11. The van der Waals surface area contributed by atoms with E-state index in [0.717, 1.165) is 11.2 Å². The first-order valence-electron chi connectivity index (χ1n) is 8.46. The van der Waals surface area contributed by atoms with Crippen molar-refractivity contribution in [3.8, 4) is 0 Å². The summed E-state index contributed by atoms with van der Waals surface area (Å²) in [5, 5.41) is 3.40. The molecule has 0 spiro atoms. The van der Waals surface area contributed by atoms with Gasteiger partial charge in [-0.05, 0) is 30.2 Å². The average molecular weight is 348 g/mol. The molecule has 5 nitrogen and oxygen atoms in total. The number of carbonyl (C=O) groups excluding carboxylic acids is 2. The van der Waals surface area contributed by atoms with E-state index in [1.54, 1.807) is 18.2 Å². The second-order valence-electron chi connectivity index (χ2n) is 6.26. The number of ether oxygens (including phenoxy) is 1. The highest BCUT2D eigenvalue weighted by Crippen LogP contribution is 2.23. The molecular weight excluding hydrogens is 328 g/mol. The topological polar surface area (TPSA) is 68.3 Å². The van der Waals surface area contributed by atoms with Crippen LogP contribution >= 0.6 is 0 Å². The Hall–Kier alpha value is -3.21. The molecule has 3 rings (SSSR count). The van der Waals surface area contributed by atoms with Crippen LogP contribution in [0.3, 0.4) is 0 Å². The second-order valence-corrected chi connectivity index (χ2v) is 6.26. The fourth-order valence-corrected chi connectivity index (χ4v) is 2.59. The zero-order valence-electron chi connectivity index (χ0n) is 14.7. The number of anilines is 1. The van der Waals surface area contributed by atoms with Crippen molar-refractivity contribution in [2.45, 2.75) is 19.8 Å². The molecule has 0 saturated heterocycles. The van der Waals surface area contributed by atoms with Crippen LogP contribution in [0, 0.1) is 0 Å². The molecule has 0 aliphatic rings. The average Bonchev–Trinajstić information content (AvgIpc) is 2.66. The molecule has 0 unspecified atom stereocenters. The van der Waals surface area contributed by atoms with Crippen molar-refractivity contribution in [3.63, 3.8) is 0 Å². The zero-order chi connectivity index (χ0) is 18.5. The molecule has 0 aliphatic carbocycles. The smallest absolute Gasteiger partial charge is 0.339 e. The summed E-state index contributed by atoms with van der Waals surface area (Å²) >= 11 is 0. The summed E-state index contributed by atoms with van der Waals surface area (Å²) in [5.41, 5.74) is 2.63. The first-order valence-corrected chi connectivity index (χ1v) is 8.46. The predicted octanol–water partition coefficient (Wildman–Crippen LogP) is 4.15. The maximum atomic E-state index is 12.6. The van der Waals surface area contributed by atoms with E-state index in [2.05, 4.69) is 10.3 Å². The van der Waals surface area contributed by atoms with Gasteiger partial charge in [-0.3, -0.25) is 9.78 Å².